The van der Waals surface area contributed by atoms with Crippen molar-refractivity contribution in [1.82, 2.24) is 9.97 Å². The number of H-pyrrole nitrogens is 1. The molecule has 0 unspecified atom stereocenters. The first-order valence-electron chi connectivity index (χ1n) is 9.02. The Balaban J connectivity index is 1.52. The summed E-state index contributed by atoms with van der Waals surface area (Å²) in [5.41, 5.74) is 5.09. The van der Waals surface area contributed by atoms with Gasteiger partial charge in [-0.25, -0.2) is 4.98 Å². The van der Waals surface area contributed by atoms with Crippen molar-refractivity contribution in [2.24, 2.45) is 0 Å². The SMILES string of the molecule is COc1ccc(-c2nc(NC(=O)Cc3c[nH]c4cccc(C)c34)sc2C)cc1. The summed E-state index contributed by atoms with van der Waals surface area (Å²) in [6, 6.07) is 13.9. The van der Waals surface area contributed by atoms with Gasteiger partial charge in [0.25, 0.3) is 0 Å². The fourth-order valence-electron chi connectivity index (χ4n) is 3.39. The van der Waals surface area contributed by atoms with Gasteiger partial charge in [0, 0.05) is 27.5 Å². The summed E-state index contributed by atoms with van der Waals surface area (Å²) >= 11 is 1.48. The van der Waals surface area contributed by atoms with Crippen molar-refractivity contribution >= 4 is 33.3 Å². The summed E-state index contributed by atoms with van der Waals surface area (Å²) in [6.07, 6.45) is 2.22. The highest BCUT2D eigenvalue weighted by Gasteiger charge is 2.14. The third-order valence-electron chi connectivity index (χ3n) is 4.75. The lowest BCUT2D eigenvalue weighted by atomic mass is 10.1. The van der Waals surface area contributed by atoms with E-state index in [1.54, 1.807) is 7.11 Å². The van der Waals surface area contributed by atoms with Gasteiger partial charge in [-0.05, 0) is 55.3 Å². The van der Waals surface area contributed by atoms with E-state index in [0.29, 0.717) is 11.6 Å². The molecule has 0 radical (unpaired) electrons. The number of hydrogen-bond donors (Lipinski definition) is 2. The van der Waals surface area contributed by atoms with Crippen LogP contribution in [0, 0.1) is 13.8 Å². The number of nitrogens with one attached hydrogen (secondary N) is 2. The molecule has 2 N–H and O–H groups in total. The van der Waals surface area contributed by atoms with Gasteiger partial charge in [0.2, 0.25) is 5.91 Å². The molecule has 2 aromatic carbocycles. The molecule has 0 fully saturated rings. The number of carbonyl (C=O) groups excluding carboxylic acids is 1. The molecule has 0 saturated heterocycles. The summed E-state index contributed by atoms with van der Waals surface area (Å²) < 4.78 is 5.20. The molecule has 0 atom stereocenters. The summed E-state index contributed by atoms with van der Waals surface area (Å²) in [5.74, 6) is 0.735. The molecule has 0 saturated carbocycles. The minimum Gasteiger partial charge on any atom is -0.497 e. The highest BCUT2D eigenvalue weighted by Crippen LogP contribution is 2.31. The fraction of sp³-hybridized carbons (Fsp3) is 0.182. The Bertz CT molecular complexity index is 1140. The molecule has 0 bridgehead atoms. The van der Waals surface area contributed by atoms with Gasteiger partial charge in [-0.15, -0.1) is 11.3 Å². The molecule has 0 aliphatic carbocycles. The molecule has 5 nitrogen and oxygen atoms in total. The maximum atomic E-state index is 12.6. The molecule has 2 aromatic heterocycles. The summed E-state index contributed by atoms with van der Waals surface area (Å²) in [6.45, 7) is 4.07. The maximum Gasteiger partial charge on any atom is 0.230 e. The Morgan fingerprint density at radius 3 is 2.71 bits per heavy atom. The van der Waals surface area contributed by atoms with Crippen LogP contribution in [0.1, 0.15) is 16.0 Å². The summed E-state index contributed by atoms with van der Waals surface area (Å²) in [7, 11) is 1.64. The maximum absolute atomic E-state index is 12.6. The summed E-state index contributed by atoms with van der Waals surface area (Å²) in [4.78, 5) is 21.5. The molecule has 6 heteroatoms. The van der Waals surface area contributed by atoms with Crippen molar-refractivity contribution in [1.29, 1.82) is 0 Å². The number of amides is 1. The van der Waals surface area contributed by atoms with Gasteiger partial charge in [-0.1, -0.05) is 12.1 Å². The first-order valence-corrected chi connectivity index (χ1v) is 9.84. The van der Waals surface area contributed by atoms with Gasteiger partial charge in [-0.2, -0.15) is 0 Å². The number of benzene rings is 2. The fourth-order valence-corrected chi connectivity index (χ4v) is 4.25. The number of anilines is 1. The molecule has 4 rings (SSSR count). The van der Waals surface area contributed by atoms with Crippen molar-refractivity contribution in [3.05, 3.63) is 64.7 Å². The van der Waals surface area contributed by atoms with Gasteiger partial charge in [0.05, 0.1) is 19.2 Å². The molecule has 0 spiro atoms. The first kappa shape index (κ1) is 18.3. The van der Waals surface area contributed by atoms with Crippen molar-refractivity contribution in [2.45, 2.75) is 20.3 Å². The second kappa shape index (κ2) is 7.48. The van der Waals surface area contributed by atoms with Crippen LogP contribution in [0.4, 0.5) is 5.13 Å². The first-order chi connectivity index (χ1) is 13.5. The zero-order valence-electron chi connectivity index (χ0n) is 16.0. The van der Waals surface area contributed by atoms with E-state index in [4.69, 9.17) is 4.74 Å². The number of hydrogen-bond acceptors (Lipinski definition) is 4. The highest BCUT2D eigenvalue weighted by atomic mass is 32.1. The monoisotopic (exact) mass is 391 g/mol. The molecule has 28 heavy (non-hydrogen) atoms. The van der Waals surface area contributed by atoms with Crippen LogP contribution in [0.25, 0.3) is 22.2 Å². The molecule has 142 valence electrons. The van der Waals surface area contributed by atoms with Gasteiger partial charge < -0.3 is 15.0 Å². The van der Waals surface area contributed by atoms with Crippen molar-refractivity contribution in [3.63, 3.8) is 0 Å². The Hall–Kier alpha value is -3.12. The minimum absolute atomic E-state index is 0.0702. The Kier molecular flexibility index (Phi) is 4.88. The number of nitrogens with zero attached hydrogens (tertiary/aromatic N) is 1. The van der Waals surface area contributed by atoms with Crippen molar-refractivity contribution in [2.75, 3.05) is 12.4 Å². The highest BCUT2D eigenvalue weighted by molar-refractivity contribution is 7.16. The zero-order valence-corrected chi connectivity index (χ0v) is 16.8. The van der Waals surface area contributed by atoms with E-state index in [1.807, 2.05) is 49.5 Å². The number of methoxy groups -OCH3 is 1. The van der Waals surface area contributed by atoms with E-state index >= 15 is 0 Å². The largest absolute Gasteiger partial charge is 0.497 e. The molecule has 0 aliphatic heterocycles. The second-order valence-electron chi connectivity index (χ2n) is 6.69. The lowest BCUT2D eigenvalue weighted by Crippen LogP contribution is -2.14. The number of ether oxygens (including phenoxy) is 1. The number of carbonyl (C=O) groups is 1. The molecule has 0 aliphatic rings. The number of thiazole rings is 1. The van der Waals surface area contributed by atoms with Crippen molar-refractivity contribution in [3.8, 4) is 17.0 Å². The van der Waals surface area contributed by atoms with Gasteiger partial charge in [-0.3, -0.25) is 4.79 Å². The van der Waals surface area contributed by atoms with Crippen LogP contribution in [0.2, 0.25) is 0 Å². The quantitative estimate of drug-likeness (QED) is 0.497. The van der Waals surface area contributed by atoms with Crippen LogP contribution >= 0.6 is 11.3 Å². The minimum atomic E-state index is -0.0702. The van der Waals surface area contributed by atoms with Crippen LogP contribution in [0.3, 0.4) is 0 Å². The summed E-state index contributed by atoms with van der Waals surface area (Å²) in [5, 5.41) is 4.68. The van der Waals surface area contributed by atoms with Crippen LogP contribution in [-0.4, -0.2) is 23.0 Å². The zero-order chi connectivity index (χ0) is 19.7. The Morgan fingerprint density at radius 1 is 1.18 bits per heavy atom. The molecule has 1 amide bonds. The lowest BCUT2D eigenvalue weighted by Gasteiger charge is -2.03. The molecule has 2 heterocycles. The van der Waals surface area contributed by atoms with Crippen LogP contribution in [-0.2, 0) is 11.2 Å². The molecular weight excluding hydrogens is 370 g/mol. The van der Waals surface area contributed by atoms with E-state index in [2.05, 4.69) is 28.3 Å². The number of fused-ring (bicyclic) bond motifs is 1. The third kappa shape index (κ3) is 3.51. The average molecular weight is 391 g/mol. The molecule has 4 aromatic rings. The van der Waals surface area contributed by atoms with E-state index in [0.717, 1.165) is 43.9 Å². The Labute approximate surface area is 167 Å². The Morgan fingerprint density at radius 2 is 1.96 bits per heavy atom. The van der Waals surface area contributed by atoms with E-state index in [-0.39, 0.29) is 5.91 Å². The van der Waals surface area contributed by atoms with Crippen LogP contribution in [0.5, 0.6) is 5.75 Å². The van der Waals surface area contributed by atoms with Gasteiger partial charge >= 0.3 is 0 Å². The number of aromatic amines is 1. The topological polar surface area (TPSA) is 67.0 Å². The van der Waals surface area contributed by atoms with E-state index in [9.17, 15) is 4.79 Å². The lowest BCUT2D eigenvalue weighted by molar-refractivity contribution is -0.115. The predicted octanol–water partition coefficient (Wildman–Crippen LogP) is 5.10. The smallest absolute Gasteiger partial charge is 0.230 e. The number of aromatic nitrogens is 2. The van der Waals surface area contributed by atoms with E-state index < -0.39 is 0 Å². The average Bonchev–Trinajstić information content (AvgIpc) is 3.26. The van der Waals surface area contributed by atoms with Gasteiger partial charge in [0.15, 0.2) is 5.13 Å². The van der Waals surface area contributed by atoms with Crippen LogP contribution in [0.15, 0.2) is 48.7 Å². The third-order valence-corrected chi connectivity index (χ3v) is 5.64. The predicted molar refractivity (Wildman–Crippen MR) is 114 cm³/mol. The number of rotatable bonds is 5. The second-order valence-corrected chi connectivity index (χ2v) is 7.89. The standard InChI is InChI=1S/C22H21N3O2S/c1-13-5-4-6-18-20(13)16(12-23-18)11-19(26)24-22-25-21(14(2)28-22)15-7-9-17(27-3)10-8-15/h4-10,12,23H,11H2,1-3H3,(H,24,25,26). The van der Waals surface area contributed by atoms with E-state index in [1.165, 1.54) is 11.3 Å². The van der Waals surface area contributed by atoms with Gasteiger partial charge in [0.1, 0.15) is 5.75 Å². The normalized spacial score (nSPS) is 11.0. The van der Waals surface area contributed by atoms with Crippen LogP contribution < -0.4 is 10.1 Å². The van der Waals surface area contributed by atoms with Crippen molar-refractivity contribution < 1.29 is 9.53 Å². The number of aryl methyl sites for hydroxylation is 2. The molecular formula is C22H21N3O2S.